The predicted molar refractivity (Wildman–Crippen MR) is 53.7 cm³/mol. The Morgan fingerprint density at radius 2 is 2.31 bits per heavy atom. The lowest BCUT2D eigenvalue weighted by Crippen LogP contribution is -2.28. The molecular weight excluding hydrogens is 164 g/mol. The molecule has 1 unspecified atom stereocenters. The van der Waals surface area contributed by atoms with E-state index < -0.39 is 0 Å². The zero-order chi connectivity index (χ0) is 9.68. The Kier molecular flexibility index (Phi) is 3.99. The monoisotopic (exact) mass is 182 g/mol. The van der Waals surface area contributed by atoms with E-state index in [4.69, 9.17) is 4.42 Å². The molecule has 0 aromatic carbocycles. The molecular formula is C10H18N2O. The molecule has 0 saturated carbocycles. The molecule has 74 valence electrons. The Morgan fingerprint density at radius 3 is 2.85 bits per heavy atom. The van der Waals surface area contributed by atoms with Gasteiger partial charge in [-0.1, -0.05) is 0 Å². The summed E-state index contributed by atoms with van der Waals surface area (Å²) in [6.45, 7) is 4.13. The van der Waals surface area contributed by atoms with Crippen molar-refractivity contribution in [1.29, 1.82) is 0 Å². The second-order valence-corrected chi connectivity index (χ2v) is 3.49. The number of hydrogen-bond donors (Lipinski definition) is 1. The average Bonchev–Trinajstić information content (AvgIpc) is 2.55. The fourth-order valence-electron chi connectivity index (χ4n) is 1.14. The molecule has 0 saturated heterocycles. The fourth-order valence-corrected chi connectivity index (χ4v) is 1.14. The quantitative estimate of drug-likeness (QED) is 0.748. The van der Waals surface area contributed by atoms with E-state index >= 15 is 0 Å². The lowest BCUT2D eigenvalue weighted by Gasteiger charge is -2.14. The van der Waals surface area contributed by atoms with Crippen molar-refractivity contribution in [3.8, 4) is 0 Å². The lowest BCUT2D eigenvalue weighted by molar-refractivity contribution is 0.371. The summed E-state index contributed by atoms with van der Waals surface area (Å²) in [6, 6.07) is 4.21. The first-order valence-electron chi connectivity index (χ1n) is 4.61. The molecule has 0 amide bonds. The first-order valence-corrected chi connectivity index (χ1v) is 4.61. The smallest absolute Gasteiger partial charge is 0.120 e. The second kappa shape index (κ2) is 5.04. The van der Waals surface area contributed by atoms with E-state index in [9.17, 15) is 0 Å². The third-order valence-electron chi connectivity index (χ3n) is 1.98. The van der Waals surface area contributed by atoms with Crippen LogP contribution in [0.4, 0.5) is 0 Å². The number of nitrogens with zero attached hydrogens (tertiary/aromatic N) is 1. The predicted octanol–water partition coefficient (Wildman–Crippen LogP) is 1.49. The van der Waals surface area contributed by atoms with Crippen molar-refractivity contribution in [2.45, 2.75) is 13.0 Å². The summed E-state index contributed by atoms with van der Waals surface area (Å²) >= 11 is 0. The second-order valence-electron chi connectivity index (χ2n) is 3.49. The van der Waals surface area contributed by atoms with Crippen LogP contribution in [0.25, 0.3) is 0 Å². The van der Waals surface area contributed by atoms with Crippen molar-refractivity contribution in [1.82, 2.24) is 10.2 Å². The molecule has 0 aliphatic rings. The van der Waals surface area contributed by atoms with Crippen molar-refractivity contribution >= 4 is 0 Å². The molecule has 13 heavy (non-hydrogen) atoms. The minimum atomic E-state index is 0.301. The van der Waals surface area contributed by atoms with Gasteiger partial charge in [0.2, 0.25) is 0 Å². The summed E-state index contributed by atoms with van der Waals surface area (Å²) in [5.74, 6) is 0.999. The van der Waals surface area contributed by atoms with Gasteiger partial charge in [-0.3, -0.25) is 0 Å². The molecule has 1 atom stereocenters. The van der Waals surface area contributed by atoms with E-state index in [0.29, 0.717) is 6.04 Å². The van der Waals surface area contributed by atoms with E-state index in [1.165, 1.54) is 0 Å². The Bertz CT molecular complexity index is 219. The number of hydrogen-bond acceptors (Lipinski definition) is 3. The van der Waals surface area contributed by atoms with Gasteiger partial charge in [-0.2, -0.15) is 0 Å². The third kappa shape index (κ3) is 3.61. The van der Waals surface area contributed by atoms with Crippen molar-refractivity contribution < 1.29 is 4.42 Å². The Balaban J connectivity index is 2.22. The molecule has 0 radical (unpaired) electrons. The Labute approximate surface area is 79.7 Å². The van der Waals surface area contributed by atoms with Crippen molar-refractivity contribution in [2.75, 3.05) is 27.2 Å². The maximum atomic E-state index is 5.28. The average molecular weight is 182 g/mol. The molecule has 0 aliphatic heterocycles. The molecule has 1 N–H and O–H groups in total. The van der Waals surface area contributed by atoms with Crippen LogP contribution in [0.2, 0.25) is 0 Å². The highest BCUT2D eigenvalue weighted by Crippen LogP contribution is 2.11. The van der Waals surface area contributed by atoms with Gasteiger partial charge >= 0.3 is 0 Å². The van der Waals surface area contributed by atoms with Gasteiger partial charge < -0.3 is 14.6 Å². The first kappa shape index (κ1) is 10.3. The molecule has 0 fully saturated rings. The third-order valence-corrected chi connectivity index (χ3v) is 1.98. The SMILES string of the molecule is CC(NCCN(C)C)c1ccco1. The highest BCUT2D eigenvalue weighted by atomic mass is 16.3. The Hall–Kier alpha value is -0.800. The summed E-state index contributed by atoms with van der Waals surface area (Å²) in [6.07, 6.45) is 1.71. The molecule has 0 aliphatic carbocycles. The topological polar surface area (TPSA) is 28.4 Å². The van der Waals surface area contributed by atoms with Crippen LogP contribution in [0.15, 0.2) is 22.8 Å². The van der Waals surface area contributed by atoms with Gasteiger partial charge in [-0.05, 0) is 33.2 Å². The maximum Gasteiger partial charge on any atom is 0.120 e. The fraction of sp³-hybridized carbons (Fsp3) is 0.600. The minimum absolute atomic E-state index is 0.301. The van der Waals surface area contributed by atoms with Gasteiger partial charge in [0.25, 0.3) is 0 Å². The van der Waals surface area contributed by atoms with Crippen molar-refractivity contribution in [3.05, 3.63) is 24.2 Å². The van der Waals surface area contributed by atoms with Gasteiger partial charge in [0.05, 0.1) is 12.3 Å². The van der Waals surface area contributed by atoms with E-state index in [0.717, 1.165) is 18.8 Å². The van der Waals surface area contributed by atoms with Crippen molar-refractivity contribution in [2.24, 2.45) is 0 Å². The van der Waals surface area contributed by atoms with Crippen LogP contribution >= 0.6 is 0 Å². The Morgan fingerprint density at radius 1 is 1.54 bits per heavy atom. The van der Waals surface area contributed by atoms with E-state index in [-0.39, 0.29) is 0 Å². The van der Waals surface area contributed by atoms with E-state index in [1.807, 2.05) is 12.1 Å². The summed E-state index contributed by atoms with van der Waals surface area (Å²) in [4.78, 5) is 2.15. The van der Waals surface area contributed by atoms with E-state index in [2.05, 4.69) is 31.2 Å². The minimum Gasteiger partial charge on any atom is -0.468 e. The highest BCUT2D eigenvalue weighted by Gasteiger charge is 2.05. The normalized spacial score (nSPS) is 13.5. The first-order chi connectivity index (χ1) is 6.20. The number of furan rings is 1. The van der Waals surface area contributed by atoms with Crippen LogP contribution in [-0.2, 0) is 0 Å². The van der Waals surface area contributed by atoms with Gasteiger partial charge in [-0.15, -0.1) is 0 Å². The highest BCUT2D eigenvalue weighted by molar-refractivity contribution is 5.02. The standard InChI is InChI=1S/C10H18N2O/c1-9(10-5-4-8-13-10)11-6-7-12(2)3/h4-5,8-9,11H,6-7H2,1-3H3. The summed E-state index contributed by atoms with van der Waals surface area (Å²) in [5, 5.41) is 3.38. The van der Waals surface area contributed by atoms with Crippen molar-refractivity contribution in [3.63, 3.8) is 0 Å². The maximum absolute atomic E-state index is 5.28. The molecule has 1 aromatic heterocycles. The zero-order valence-corrected chi connectivity index (χ0v) is 8.58. The lowest BCUT2D eigenvalue weighted by atomic mass is 10.2. The van der Waals surface area contributed by atoms with Gasteiger partial charge in [0.15, 0.2) is 0 Å². The number of likely N-dealkylation sites (N-methyl/N-ethyl adjacent to an activating group) is 1. The molecule has 0 spiro atoms. The van der Waals surface area contributed by atoms with Crippen LogP contribution in [0.1, 0.15) is 18.7 Å². The molecule has 1 rings (SSSR count). The van der Waals surface area contributed by atoms with Crippen LogP contribution in [0.5, 0.6) is 0 Å². The van der Waals surface area contributed by atoms with Crippen LogP contribution in [-0.4, -0.2) is 32.1 Å². The molecule has 3 nitrogen and oxygen atoms in total. The molecule has 0 bridgehead atoms. The number of rotatable bonds is 5. The zero-order valence-electron chi connectivity index (χ0n) is 8.58. The van der Waals surface area contributed by atoms with E-state index in [1.54, 1.807) is 6.26 Å². The molecule has 1 aromatic rings. The largest absolute Gasteiger partial charge is 0.468 e. The molecule has 3 heteroatoms. The number of nitrogens with one attached hydrogen (secondary N) is 1. The summed E-state index contributed by atoms with van der Waals surface area (Å²) in [7, 11) is 4.14. The van der Waals surface area contributed by atoms with Gasteiger partial charge in [0, 0.05) is 13.1 Å². The summed E-state index contributed by atoms with van der Waals surface area (Å²) < 4.78 is 5.28. The van der Waals surface area contributed by atoms with Crippen LogP contribution in [0, 0.1) is 0 Å². The molecule has 1 heterocycles. The van der Waals surface area contributed by atoms with Crippen LogP contribution in [0.3, 0.4) is 0 Å². The van der Waals surface area contributed by atoms with Crippen LogP contribution < -0.4 is 5.32 Å². The van der Waals surface area contributed by atoms with Gasteiger partial charge in [-0.25, -0.2) is 0 Å². The van der Waals surface area contributed by atoms with Gasteiger partial charge in [0.1, 0.15) is 5.76 Å². The summed E-state index contributed by atoms with van der Waals surface area (Å²) in [5.41, 5.74) is 0.